The molecule has 5 fully saturated rings. The molecule has 0 aromatic carbocycles. The van der Waals surface area contributed by atoms with Gasteiger partial charge in [-0.05, 0) is 130 Å². The third-order valence-corrected chi connectivity index (χ3v) is 14.5. The van der Waals surface area contributed by atoms with Gasteiger partial charge >= 0.3 is 12.2 Å². The third-order valence-electron chi connectivity index (χ3n) is 14.5. The van der Waals surface area contributed by atoms with Crippen molar-refractivity contribution in [2.75, 3.05) is 26.8 Å². The SMILES string of the molecule is CCC[C@H]1C(=O)N[C@@H](C2CCCCCC2)C(=O)N[C@@H](CNC(=O)OC(C)(C)C)C(=O)N[C@@H](COC2CC(NC(=O)OC(C)(C)C)C2)C(=O)N[C@H](C)CO[C@H](CC2C[C@H]3CC[C@@H](C2)C3)[C@@H](C)C(=O)N1C. The van der Waals surface area contributed by atoms with Crippen LogP contribution in [0.1, 0.15) is 165 Å². The number of nitrogens with zero attached hydrogens (tertiary/aromatic N) is 1. The maximum atomic E-state index is 14.7. The molecule has 0 spiro atoms. The van der Waals surface area contributed by atoms with Gasteiger partial charge in [0.15, 0.2) is 0 Å². The summed E-state index contributed by atoms with van der Waals surface area (Å²) in [5.74, 6) is -1.85. The number of carbonyl (C=O) groups is 7. The van der Waals surface area contributed by atoms with Crippen molar-refractivity contribution in [1.29, 1.82) is 0 Å². The van der Waals surface area contributed by atoms with Crippen LogP contribution in [0.3, 0.4) is 0 Å². The van der Waals surface area contributed by atoms with E-state index >= 15 is 0 Å². The zero-order valence-electron chi connectivity index (χ0n) is 43.4. The minimum atomic E-state index is -1.42. The number of rotatable bonds is 11. The van der Waals surface area contributed by atoms with Crippen LogP contribution < -0.4 is 31.9 Å². The number of hydrogen-bond acceptors (Lipinski definition) is 11. The first-order valence-corrected chi connectivity index (χ1v) is 26.2. The van der Waals surface area contributed by atoms with Crippen molar-refractivity contribution in [1.82, 2.24) is 36.8 Å². The molecule has 69 heavy (non-hydrogen) atoms. The van der Waals surface area contributed by atoms with Crippen molar-refractivity contribution in [2.45, 2.75) is 225 Å². The van der Waals surface area contributed by atoms with Crippen molar-refractivity contribution in [3.8, 4) is 0 Å². The summed E-state index contributed by atoms with van der Waals surface area (Å²) in [5, 5.41) is 17.1. The predicted octanol–water partition coefficient (Wildman–Crippen LogP) is 5.39. The minimum Gasteiger partial charge on any atom is -0.444 e. The molecule has 0 aromatic heterocycles. The molecule has 18 nitrogen and oxygen atoms in total. The van der Waals surface area contributed by atoms with Gasteiger partial charge in [-0.3, -0.25) is 24.0 Å². The van der Waals surface area contributed by atoms with E-state index in [0.717, 1.165) is 38.5 Å². The van der Waals surface area contributed by atoms with Crippen LogP contribution in [0.25, 0.3) is 0 Å². The first kappa shape index (κ1) is 55.7. The zero-order valence-corrected chi connectivity index (χ0v) is 43.4. The smallest absolute Gasteiger partial charge is 0.407 e. The molecule has 6 N–H and O–H groups in total. The van der Waals surface area contributed by atoms with E-state index in [9.17, 15) is 33.6 Å². The standard InChI is InChI=1S/C51H87N7O11/c1-11-16-40-45(61)57-42(35-17-14-12-13-15-18-35)46(62)55-38(27-52-48(64)68-50(4,5)6)43(59)56-39(29-66-37-25-36(26-37)54-49(65)69-51(7,8)9)44(60)53-30(2)28-67-41(31(3)47(63)58(40)10)24-34-22-32-19-20-33(21-32)23-34/h30-42H,11-29H2,1-10H3,(H,52,64)(H,53,60)(H,54,65)(H,55,62)(H,56,59)(H,57,61)/t30-,31-,32-,33+,34?,36?,37?,38+,39+,40+,41-,42+/m1/s1. The maximum Gasteiger partial charge on any atom is 0.407 e. The highest BCUT2D eigenvalue weighted by atomic mass is 16.6. The Hall–Kier alpha value is -4.19. The lowest BCUT2D eigenvalue weighted by molar-refractivity contribution is -0.147. The Balaban J connectivity index is 1.46. The minimum absolute atomic E-state index is 0.0694. The van der Waals surface area contributed by atoms with Crippen LogP contribution in [0.5, 0.6) is 0 Å². The second kappa shape index (κ2) is 25.3. The quantitative estimate of drug-likeness (QED) is 0.144. The first-order chi connectivity index (χ1) is 32.5. The highest BCUT2D eigenvalue weighted by molar-refractivity contribution is 5.96. The van der Waals surface area contributed by atoms with Crippen molar-refractivity contribution in [3.05, 3.63) is 0 Å². The molecular weight excluding hydrogens is 887 g/mol. The Labute approximate surface area is 411 Å². The fourth-order valence-corrected chi connectivity index (χ4v) is 10.9. The van der Waals surface area contributed by atoms with Crippen LogP contribution in [0.15, 0.2) is 0 Å². The summed E-state index contributed by atoms with van der Waals surface area (Å²) >= 11 is 0. The largest absolute Gasteiger partial charge is 0.444 e. The highest BCUT2D eigenvalue weighted by Crippen LogP contribution is 2.46. The molecule has 0 aromatic rings. The van der Waals surface area contributed by atoms with E-state index in [2.05, 4.69) is 31.9 Å². The number of amides is 7. The van der Waals surface area contributed by atoms with Crippen molar-refractivity contribution < 1.29 is 52.5 Å². The molecule has 1 unspecified atom stereocenters. The second-order valence-corrected chi connectivity index (χ2v) is 23.0. The maximum absolute atomic E-state index is 14.7. The lowest BCUT2D eigenvalue weighted by atomic mass is 9.77. The zero-order chi connectivity index (χ0) is 50.6. The number of alkyl carbamates (subject to hydrolysis) is 2. The van der Waals surface area contributed by atoms with Crippen LogP contribution in [-0.4, -0.2) is 133 Å². The van der Waals surface area contributed by atoms with Crippen molar-refractivity contribution in [2.24, 2.45) is 29.6 Å². The molecule has 18 heteroatoms. The van der Waals surface area contributed by atoms with Gasteiger partial charge in [0, 0.05) is 19.1 Å². The van der Waals surface area contributed by atoms with Gasteiger partial charge in [0.05, 0.1) is 37.9 Å². The van der Waals surface area contributed by atoms with Crippen LogP contribution >= 0.6 is 0 Å². The summed E-state index contributed by atoms with van der Waals surface area (Å²) in [6.07, 6.45) is 11.2. The number of nitrogens with one attached hydrogen (secondary N) is 6. The summed E-state index contributed by atoms with van der Waals surface area (Å²) in [5.41, 5.74) is -1.52. The van der Waals surface area contributed by atoms with Gasteiger partial charge in [-0.15, -0.1) is 0 Å². The second-order valence-electron chi connectivity index (χ2n) is 23.0. The summed E-state index contributed by atoms with van der Waals surface area (Å²) in [7, 11) is 1.65. The van der Waals surface area contributed by atoms with Crippen LogP contribution in [-0.2, 0) is 42.9 Å². The molecule has 392 valence electrons. The molecule has 0 radical (unpaired) electrons. The fourth-order valence-electron chi connectivity index (χ4n) is 10.9. The van der Waals surface area contributed by atoms with E-state index in [-0.39, 0.29) is 37.2 Å². The third kappa shape index (κ3) is 17.6. The number of likely N-dealkylation sites (N-methyl/N-ethyl adjacent to an activating group) is 1. The molecule has 5 rings (SSSR count). The summed E-state index contributed by atoms with van der Waals surface area (Å²) in [6.45, 7) is 15.4. The van der Waals surface area contributed by atoms with Crippen LogP contribution in [0.4, 0.5) is 9.59 Å². The average Bonchev–Trinajstić information content (AvgIpc) is 3.39. The number of hydrogen-bond donors (Lipinski definition) is 6. The molecule has 4 aliphatic carbocycles. The van der Waals surface area contributed by atoms with Gasteiger partial charge < -0.3 is 55.7 Å². The number of carbonyl (C=O) groups excluding carboxylic acids is 7. The Kier molecular flexibility index (Phi) is 20.4. The molecule has 10 atom stereocenters. The van der Waals surface area contributed by atoms with Gasteiger partial charge in [0.25, 0.3) is 0 Å². The van der Waals surface area contributed by atoms with Crippen molar-refractivity contribution in [3.63, 3.8) is 0 Å². The normalized spacial score (nSPS) is 32.9. The summed E-state index contributed by atoms with van der Waals surface area (Å²) in [6, 6.07) is -5.42. The van der Waals surface area contributed by atoms with Gasteiger partial charge in [-0.1, -0.05) is 58.8 Å². The lowest BCUT2D eigenvalue weighted by Gasteiger charge is -2.37. The van der Waals surface area contributed by atoms with Crippen molar-refractivity contribution >= 4 is 41.7 Å². The molecule has 7 amide bonds. The molecule has 1 aliphatic heterocycles. The average molecular weight is 974 g/mol. The molecule has 1 heterocycles. The monoisotopic (exact) mass is 974 g/mol. The van der Waals surface area contributed by atoms with E-state index < -0.39 is 95.8 Å². The van der Waals surface area contributed by atoms with E-state index in [1.54, 1.807) is 55.5 Å². The predicted molar refractivity (Wildman–Crippen MR) is 259 cm³/mol. The summed E-state index contributed by atoms with van der Waals surface area (Å²) in [4.78, 5) is 99.7. The number of fused-ring (bicyclic) bond motifs is 2. The van der Waals surface area contributed by atoms with E-state index in [1.165, 1.54) is 24.2 Å². The Bertz CT molecular complexity index is 1740. The van der Waals surface area contributed by atoms with Crippen LogP contribution in [0, 0.1) is 29.6 Å². The van der Waals surface area contributed by atoms with E-state index in [4.69, 9.17) is 18.9 Å². The molecule has 2 bridgehead atoms. The fraction of sp³-hybridized carbons (Fsp3) is 0.863. The topological polar surface area (TPSA) is 232 Å². The lowest BCUT2D eigenvalue weighted by Crippen LogP contribution is -2.62. The van der Waals surface area contributed by atoms with Gasteiger partial charge in [0.1, 0.15) is 35.4 Å². The Morgan fingerprint density at radius 3 is 1.93 bits per heavy atom. The van der Waals surface area contributed by atoms with Gasteiger partial charge in [-0.25, -0.2) is 9.59 Å². The summed E-state index contributed by atoms with van der Waals surface area (Å²) < 4.78 is 23.7. The number of ether oxygens (including phenoxy) is 4. The molecule has 5 aliphatic rings. The van der Waals surface area contributed by atoms with Crippen LogP contribution in [0.2, 0.25) is 0 Å². The highest BCUT2D eigenvalue weighted by Gasteiger charge is 2.42. The molecule has 1 saturated heterocycles. The van der Waals surface area contributed by atoms with Gasteiger partial charge in [-0.2, -0.15) is 0 Å². The van der Waals surface area contributed by atoms with Gasteiger partial charge in [0.2, 0.25) is 29.5 Å². The molecular formula is C51H87N7O11. The molecule has 4 saturated carbocycles. The Morgan fingerprint density at radius 1 is 0.725 bits per heavy atom. The van der Waals surface area contributed by atoms with E-state index in [1.807, 2.05) is 13.8 Å². The Morgan fingerprint density at radius 2 is 1.32 bits per heavy atom. The van der Waals surface area contributed by atoms with E-state index in [0.29, 0.717) is 62.7 Å². The first-order valence-electron chi connectivity index (χ1n) is 26.2.